The van der Waals surface area contributed by atoms with Gasteiger partial charge in [0.15, 0.2) is 5.13 Å². The number of carbonyl (C=O) groups is 2. The third-order valence-corrected chi connectivity index (χ3v) is 4.96. The molecule has 2 heterocycles. The molecule has 0 aliphatic carbocycles. The Balaban J connectivity index is 1.71. The van der Waals surface area contributed by atoms with E-state index < -0.39 is 34.8 Å². The van der Waals surface area contributed by atoms with Gasteiger partial charge in [0, 0.05) is 29.8 Å². The summed E-state index contributed by atoms with van der Waals surface area (Å²) in [6, 6.07) is 7.37. The van der Waals surface area contributed by atoms with Crippen molar-refractivity contribution >= 4 is 45.6 Å². The first kappa shape index (κ1) is 22.5. The highest BCUT2D eigenvalue weighted by atomic mass is 35.5. The van der Waals surface area contributed by atoms with E-state index in [-0.39, 0.29) is 11.0 Å². The van der Waals surface area contributed by atoms with Gasteiger partial charge in [-0.1, -0.05) is 23.7 Å². The van der Waals surface area contributed by atoms with E-state index in [1.54, 1.807) is 29.6 Å². The second kappa shape index (κ2) is 8.90. The smallest absolute Gasteiger partial charge is 0.326 e. The van der Waals surface area contributed by atoms with Gasteiger partial charge in [-0.2, -0.15) is 13.2 Å². The summed E-state index contributed by atoms with van der Waals surface area (Å²) >= 11 is 6.69. The minimum Gasteiger partial charge on any atom is -0.326 e. The third-order valence-electron chi connectivity index (χ3n) is 3.94. The standard InChI is InChI=1S/C19H14ClF3N4O3S/c1-10(28)24-13-4-2-11(3-5-13)15-9-31-18(25-15)26-16(29)8-27-7-12(19(21,22)23)6-14(20)17(27)30/h2-7,9H,8H2,1H3,(H,24,28)(H,25,26,29). The van der Waals surface area contributed by atoms with Crippen LogP contribution in [0.4, 0.5) is 24.0 Å². The van der Waals surface area contributed by atoms with Gasteiger partial charge in [0.25, 0.3) is 5.56 Å². The molecule has 0 spiro atoms. The molecule has 0 bridgehead atoms. The monoisotopic (exact) mass is 470 g/mol. The van der Waals surface area contributed by atoms with E-state index >= 15 is 0 Å². The van der Waals surface area contributed by atoms with Crippen LogP contribution in [0.25, 0.3) is 11.3 Å². The zero-order valence-corrected chi connectivity index (χ0v) is 17.4. The van der Waals surface area contributed by atoms with E-state index in [9.17, 15) is 27.6 Å². The maximum Gasteiger partial charge on any atom is 0.417 e. The minimum absolute atomic E-state index is 0.201. The number of pyridine rings is 1. The average Bonchev–Trinajstić information content (AvgIpc) is 3.13. The number of amides is 2. The van der Waals surface area contributed by atoms with Crippen LogP contribution in [0.3, 0.4) is 0 Å². The molecule has 0 radical (unpaired) electrons. The zero-order valence-electron chi connectivity index (χ0n) is 15.8. The number of nitrogens with one attached hydrogen (secondary N) is 2. The predicted octanol–water partition coefficient (Wildman–Crippen LogP) is 4.24. The van der Waals surface area contributed by atoms with Gasteiger partial charge >= 0.3 is 6.18 Å². The molecule has 0 saturated heterocycles. The molecule has 2 amide bonds. The van der Waals surface area contributed by atoms with E-state index in [4.69, 9.17) is 11.6 Å². The highest BCUT2D eigenvalue weighted by Crippen LogP contribution is 2.30. The molecule has 12 heteroatoms. The minimum atomic E-state index is -4.71. The molecule has 0 aliphatic rings. The summed E-state index contributed by atoms with van der Waals surface area (Å²) in [5.41, 5.74) is -0.154. The average molecular weight is 471 g/mol. The molecule has 0 unspecified atom stereocenters. The molecule has 0 saturated carbocycles. The van der Waals surface area contributed by atoms with Crippen LogP contribution in [-0.4, -0.2) is 21.4 Å². The molecule has 2 aromatic heterocycles. The first-order chi connectivity index (χ1) is 14.5. The number of hydrogen-bond acceptors (Lipinski definition) is 5. The van der Waals surface area contributed by atoms with Crippen LogP contribution < -0.4 is 16.2 Å². The normalized spacial score (nSPS) is 11.3. The first-order valence-corrected chi connectivity index (χ1v) is 9.89. The Kier molecular flexibility index (Phi) is 6.46. The molecule has 2 N–H and O–H groups in total. The van der Waals surface area contributed by atoms with Crippen molar-refractivity contribution < 1.29 is 22.8 Å². The fourth-order valence-electron chi connectivity index (χ4n) is 2.58. The first-order valence-electron chi connectivity index (χ1n) is 8.63. The number of hydrogen-bond donors (Lipinski definition) is 2. The predicted molar refractivity (Wildman–Crippen MR) is 111 cm³/mol. The molecule has 0 atom stereocenters. The van der Waals surface area contributed by atoms with E-state index in [1.807, 2.05) is 0 Å². The molecular weight excluding hydrogens is 457 g/mol. The van der Waals surface area contributed by atoms with E-state index in [1.165, 1.54) is 6.92 Å². The Morgan fingerprint density at radius 2 is 1.87 bits per heavy atom. The van der Waals surface area contributed by atoms with E-state index in [2.05, 4.69) is 15.6 Å². The van der Waals surface area contributed by atoms with Crippen molar-refractivity contribution in [2.45, 2.75) is 19.6 Å². The topological polar surface area (TPSA) is 93.1 Å². The number of rotatable bonds is 5. The summed E-state index contributed by atoms with van der Waals surface area (Å²) in [4.78, 5) is 39.5. The molecule has 0 aliphatic heterocycles. The lowest BCUT2D eigenvalue weighted by Gasteiger charge is -2.11. The van der Waals surface area contributed by atoms with Gasteiger partial charge < -0.3 is 15.2 Å². The van der Waals surface area contributed by atoms with Crippen LogP contribution in [0.1, 0.15) is 12.5 Å². The number of alkyl halides is 3. The number of halogens is 4. The molecule has 7 nitrogen and oxygen atoms in total. The quantitative estimate of drug-likeness (QED) is 0.583. The van der Waals surface area contributed by atoms with E-state index in [0.717, 1.165) is 16.9 Å². The summed E-state index contributed by atoms with van der Waals surface area (Å²) < 4.78 is 39.3. The Morgan fingerprint density at radius 1 is 1.19 bits per heavy atom. The summed E-state index contributed by atoms with van der Waals surface area (Å²) in [7, 11) is 0. The number of thiazole rings is 1. The number of aromatic nitrogens is 2. The number of anilines is 2. The van der Waals surface area contributed by atoms with Crippen LogP contribution in [0.2, 0.25) is 5.02 Å². The molecular formula is C19H14ClF3N4O3S. The number of nitrogens with zero attached hydrogens (tertiary/aromatic N) is 2. The Labute approximate surface area is 182 Å². The highest BCUT2D eigenvalue weighted by molar-refractivity contribution is 7.14. The lowest BCUT2D eigenvalue weighted by molar-refractivity contribution is -0.138. The molecule has 3 aromatic rings. The summed E-state index contributed by atoms with van der Waals surface area (Å²) in [6.45, 7) is 0.730. The van der Waals surface area contributed by atoms with Gasteiger partial charge in [-0.25, -0.2) is 4.98 Å². The zero-order chi connectivity index (χ0) is 22.8. The van der Waals surface area contributed by atoms with Crippen molar-refractivity contribution in [3.8, 4) is 11.3 Å². The van der Waals surface area contributed by atoms with Gasteiger partial charge in [-0.05, 0) is 18.2 Å². The lowest BCUT2D eigenvalue weighted by atomic mass is 10.1. The van der Waals surface area contributed by atoms with Gasteiger partial charge in [-0.3, -0.25) is 14.4 Å². The van der Waals surface area contributed by atoms with Crippen molar-refractivity contribution in [2.24, 2.45) is 0 Å². The maximum atomic E-state index is 12.9. The summed E-state index contributed by atoms with van der Waals surface area (Å²) in [5, 5.41) is 6.33. The third kappa shape index (κ3) is 5.70. The Bertz CT molecular complexity index is 1190. The van der Waals surface area contributed by atoms with Crippen molar-refractivity contribution in [1.82, 2.24) is 9.55 Å². The van der Waals surface area contributed by atoms with Crippen LogP contribution in [-0.2, 0) is 22.3 Å². The largest absolute Gasteiger partial charge is 0.417 e. The molecule has 1 aromatic carbocycles. The molecule has 162 valence electrons. The van der Waals surface area contributed by atoms with Crippen molar-refractivity contribution in [2.75, 3.05) is 10.6 Å². The van der Waals surface area contributed by atoms with E-state index in [0.29, 0.717) is 28.2 Å². The molecule has 3 rings (SSSR count). The van der Waals surface area contributed by atoms with Crippen molar-refractivity contribution in [3.63, 3.8) is 0 Å². The fraction of sp³-hybridized carbons (Fsp3) is 0.158. The lowest BCUT2D eigenvalue weighted by Crippen LogP contribution is -2.29. The van der Waals surface area contributed by atoms with Crippen LogP contribution in [0.15, 0.2) is 46.7 Å². The summed E-state index contributed by atoms with van der Waals surface area (Å²) in [6.07, 6.45) is -4.17. The number of carbonyl (C=O) groups excluding carboxylic acids is 2. The van der Waals surface area contributed by atoms with Gasteiger partial charge in [-0.15, -0.1) is 11.3 Å². The van der Waals surface area contributed by atoms with Crippen LogP contribution >= 0.6 is 22.9 Å². The molecule has 31 heavy (non-hydrogen) atoms. The second-order valence-electron chi connectivity index (χ2n) is 6.35. The fourth-order valence-corrected chi connectivity index (χ4v) is 3.54. The number of benzene rings is 1. The van der Waals surface area contributed by atoms with Gasteiger partial charge in [0.2, 0.25) is 11.8 Å². The van der Waals surface area contributed by atoms with Crippen molar-refractivity contribution in [1.29, 1.82) is 0 Å². The second-order valence-corrected chi connectivity index (χ2v) is 7.62. The SMILES string of the molecule is CC(=O)Nc1ccc(-c2csc(NC(=O)Cn3cc(C(F)(F)F)cc(Cl)c3=O)n2)cc1. The van der Waals surface area contributed by atoms with Crippen molar-refractivity contribution in [3.05, 3.63) is 62.8 Å². The van der Waals surface area contributed by atoms with Gasteiger partial charge in [0.05, 0.1) is 11.3 Å². The Hall–Kier alpha value is -3.18. The summed E-state index contributed by atoms with van der Waals surface area (Å²) in [5.74, 6) is -0.938. The van der Waals surface area contributed by atoms with Crippen LogP contribution in [0.5, 0.6) is 0 Å². The molecule has 0 fully saturated rings. The highest BCUT2D eigenvalue weighted by Gasteiger charge is 2.32. The maximum absolute atomic E-state index is 12.9. The van der Waals surface area contributed by atoms with Crippen LogP contribution in [0, 0.1) is 0 Å². The van der Waals surface area contributed by atoms with Gasteiger partial charge in [0.1, 0.15) is 11.6 Å². The Morgan fingerprint density at radius 3 is 2.48 bits per heavy atom.